The first kappa shape index (κ1) is 21.4. The van der Waals surface area contributed by atoms with Gasteiger partial charge in [0.1, 0.15) is 5.01 Å². The van der Waals surface area contributed by atoms with Crippen LogP contribution >= 0.6 is 11.3 Å². The van der Waals surface area contributed by atoms with Crippen LogP contribution in [0.15, 0.2) is 23.1 Å². The molecular weight excluding hydrogens is 400 g/mol. The van der Waals surface area contributed by atoms with Gasteiger partial charge < -0.3 is 15.7 Å². The maximum atomic E-state index is 11.7. The van der Waals surface area contributed by atoms with E-state index in [-0.39, 0.29) is 0 Å². The molecule has 30 heavy (non-hydrogen) atoms. The predicted octanol–water partition coefficient (Wildman–Crippen LogP) is 2.24. The summed E-state index contributed by atoms with van der Waals surface area (Å²) in [6.45, 7) is 2.68. The van der Waals surface area contributed by atoms with Gasteiger partial charge in [0.15, 0.2) is 11.9 Å². The summed E-state index contributed by atoms with van der Waals surface area (Å²) < 4.78 is 4.48. The molecule has 0 spiro atoms. The highest BCUT2D eigenvalue weighted by Gasteiger charge is 2.18. The lowest BCUT2D eigenvalue weighted by Crippen LogP contribution is -2.13. The molecule has 10 heteroatoms. The van der Waals surface area contributed by atoms with Crippen LogP contribution in [0.5, 0.6) is 0 Å². The van der Waals surface area contributed by atoms with Gasteiger partial charge in [-0.15, -0.1) is 11.3 Å². The number of hydrogen-bond acceptors (Lipinski definition) is 8. The lowest BCUT2D eigenvalue weighted by Gasteiger charge is -2.11. The zero-order valence-electron chi connectivity index (χ0n) is 17.6. The Morgan fingerprint density at radius 1 is 1.43 bits per heavy atom. The van der Waals surface area contributed by atoms with Crippen LogP contribution in [0.25, 0.3) is 10.3 Å². The molecule has 0 aliphatic carbocycles. The highest BCUT2D eigenvalue weighted by atomic mass is 32.1. The highest BCUT2D eigenvalue weighted by molar-refractivity contribution is 7.19. The van der Waals surface area contributed by atoms with E-state index in [4.69, 9.17) is 11.1 Å². The minimum atomic E-state index is 0.459. The summed E-state index contributed by atoms with van der Waals surface area (Å²) in [5.41, 5.74) is 10.7. The number of nitrogens with two attached hydrogens (primary N) is 1. The van der Waals surface area contributed by atoms with Crippen LogP contribution in [0.4, 0.5) is 0 Å². The number of hydrazone groups is 1. The summed E-state index contributed by atoms with van der Waals surface area (Å²) in [5.74, 6) is 0. The minimum absolute atomic E-state index is 0.459. The summed E-state index contributed by atoms with van der Waals surface area (Å²) in [7, 11) is 5.61. The van der Waals surface area contributed by atoms with Crippen molar-refractivity contribution in [3.8, 4) is 0 Å². The number of carbonyl (C=O) groups excluding carboxylic acids is 1. The van der Waals surface area contributed by atoms with Gasteiger partial charge in [0.25, 0.3) is 0 Å². The van der Waals surface area contributed by atoms with Gasteiger partial charge in [-0.05, 0) is 18.1 Å². The number of fused-ring (bicyclic) bond motifs is 1. The third-order valence-corrected chi connectivity index (χ3v) is 5.83. The Bertz CT molecular complexity index is 1130. The molecule has 0 amide bonds. The molecule has 3 heterocycles. The van der Waals surface area contributed by atoms with Gasteiger partial charge in [0.2, 0.25) is 0 Å². The van der Waals surface area contributed by atoms with Crippen molar-refractivity contribution in [2.24, 2.45) is 24.9 Å². The van der Waals surface area contributed by atoms with Crippen LogP contribution < -0.4 is 5.73 Å². The summed E-state index contributed by atoms with van der Waals surface area (Å²) in [4.78, 5) is 16.3. The molecular formula is C20H26N8OS. The summed E-state index contributed by atoms with van der Waals surface area (Å²) in [6, 6.07) is 0. The summed E-state index contributed by atoms with van der Waals surface area (Å²) in [5, 5.41) is 18.8. The maximum Gasteiger partial charge on any atom is 0.167 e. The third kappa shape index (κ3) is 4.33. The number of allylic oxidation sites excluding steroid dienone is 2. The second-order valence-corrected chi connectivity index (χ2v) is 8.09. The van der Waals surface area contributed by atoms with Crippen LogP contribution in [0, 0.1) is 5.41 Å². The van der Waals surface area contributed by atoms with Crippen molar-refractivity contribution >= 4 is 40.4 Å². The van der Waals surface area contributed by atoms with Gasteiger partial charge in [-0.1, -0.05) is 6.92 Å². The predicted molar refractivity (Wildman–Crippen MR) is 120 cm³/mol. The summed E-state index contributed by atoms with van der Waals surface area (Å²) >= 11 is 1.48. The Morgan fingerprint density at radius 2 is 2.20 bits per heavy atom. The zero-order valence-corrected chi connectivity index (χ0v) is 18.4. The molecule has 3 rings (SSSR count). The molecule has 3 N–H and O–H groups in total. The fraction of sp³-hybridized carbons (Fsp3) is 0.350. The molecule has 0 aromatic carbocycles. The molecule has 0 fully saturated rings. The van der Waals surface area contributed by atoms with E-state index in [0.717, 1.165) is 45.5 Å². The summed E-state index contributed by atoms with van der Waals surface area (Å²) in [6.07, 6.45) is 8.63. The van der Waals surface area contributed by atoms with Gasteiger partial charge in [0, 0.05) is 51.2 Å². The van der Waals surface area contributed by atoms with E-state index >= 15 is 0 Å². The van der Waals surface area contributed by atoms with Crippen molar-refractivity contribution < 1.29 is 4.79 Å². The number of thiazole rings is 1. The normalized spacial score (nSPS) is 12.2. The molecule has 0 aliphatic rings. The molecule has 158 valence electrons. The standard InChI is InChI=1S/C20H26N8OS/c1-5-13-10-27(3)25-16(13)11-26(2)23-9-15-17(12-29)28(4)20-19(15)30-18(24-20)8-14(22)6-7-21/h6-7,9-10,12,21H,5,8,11,22H2,1-4H3/b14-6?,21-7?,23-9-. The molecule has 3 aromatic heterocycles. The van der Waals surface area contributed by atoms with Crippen LogP contribution in [0.2, 0.25) is 0 Å². The highest BCUT2D eigenvalue weighted by Crippen LogP contribution is 2.30. The molecule has 0 atom stereocenters. The number of nitrogens with zero attached hydrogens (tertiary/aromatic N) is 6. The van der Waals surface area contributed by atoms with Crippen LogP contribution in [0.1, 0.15) is 39.2 Å². The molecule has 0 saturated heterocycles. The van der Waals surface area contributed by atoms with Gasteiger partial charge in [-0.25, -0.2) is 4.98 Å². The van der Waals surface area contributed by atoms with E-state index < -0.39 is 0 Å². The smallest absolute Gasteiger partial charge is 0.167 e. The molecule has 0 unspecified atom stereocenters. The zero-order chi connectivity index (χ0) is 21.8. The molecule has 0 bridgehead atoms. The first-order valence-electron chi connectivity index (χ1n) is 9.52. The second-order valence-electron chi connectivity index (χ2n) is 7.01. The van der Waals surface area contributed by atoms with Crippen molar-refractivity contribution in [2.45, 2.75) is 26.3 Å². The average molecular weight is 427 g/mol. The van der Waals surface area contributed by atoms with Gasteiger partial charge in [0.05, 0.1) is 28.8 Å². The van der Waals surface area contributed by atoms with E-state index in [2.05, 4.69) is 22.1 Å². The lowest BCUT2D eigenvalue weighted by atomic mass is 10.2. The number of hydrogen-bond donors (Lipinski definition) is 2. The minimum Gasteiger partial charge on any atom is -0.402 e. The Kier molecular flexibility index (Phi) is 6.46. The first-order valence-corrected chi connectivity index (χ1v) is 10.3. The first-order chi connectivity index (χ1) is 14.4. The molecule has 3 aromatic rings. The van der Waals surface area contributed by atoms with Gasteiger partial charge in [-0.2, -0.15) is 10.2 Å². The molecule has 0 aliphatic heterocycles. The van der Waals surface area contributed by atoms with E-state index in [0.29, 0.717) is 24.4 Å². The Hall–Kier alpha value is -3.27. The monoisotopic (exact) mass is 426 g/mol. The SMILES string of the molecule is CCc1cn(C)nc1CN(C)/N=C\c1c(C=O)n(C)c2nc(CC(N)=CC=N)sc12. The van der Waals surface area contributed by atoms with Gasteiger partial charge >= 0.3 is 0 Å². The third-order valence-electron chi connectivity index (χ3n) is 4.75. The van der Waals surface area contributed by atoms with Crippen molar-refractivity contribution in [1.29, 1.82) is 5.41 Å². The number of nitrogens with one attached hydrogen (secondary N) is 1. The maximum absolute atomic E-state index is 11.7. The number of carbonyl (C=O) groups is 1. The lowest BCUT2D eigenvalue weighted by molar-refractivity contribution is 0.111. The number of aldehydes is 1. The van der Waals surface area contributed by atoms with Crippen molar-refractivity contribution in [1.82, 2.24) is 24.3 Å². The quantitative estimate of drug-likeness (QED) is 0.309. The largest absolute Gasteiger partial charge is 0.402 e. The Balaban J connectivity index is 1.89. The fourth-order valence-corrected chi connectivity index (χ4v) is 4.43. The Labute approximate surface area is 179 Å². The van der Waals surface area contributed by atoms with Crippen LogP contribution in [-0.2, 0) is 33.5 Å². The molecule has 0 radical (unpaired) electrons. The molecule has 0 saturated carbocycles. The van der Waals surface area contributed by atoms with Crippen molar-refractivity contribution in [3.63, 3.8) is 0 Å². The van der Waals surface area contributed by atoms with E-state index in [1.54, 1.807) is 16.9 Å². The number of rotatable bonds is 9. The Morgan fingerprint density at radius 3 is 2.87 bits per heavy atom. The van der Waals surface area contributed by atoms with E-state index in [9.17, 15) is 4.79 Å². The van der Waals surface area contributed by atoms with Crippen molar-refractivity contribution in [2.75, 3.05) is 7.05 Å². The van der Waals surface area contributed by atoms with E-state index in [1.165, 1.54) is 16.9 Å². The van der Waals surface area contributed by atoms with Crippen molar-refractivity contribution in [3.05, 3.63) is 45.5 Å². The van der Waals surface area contributed by atoms with Crippen LogP contribution in [0.3, 0.4) is 0 Å². The number of aryl methyl sites for hydroxylation is 3. The fourth-order valence-electron chi connectivity index (χ4n) is 3.28. The topological polar surface area (TPSA) is 118 Å². The molecule has 9 nitrogen and oxygen atoms in total. The van der Waals surface area contributed by atoms with Gasteiger partial charge in [-0.3, -0.25) is 14.5 Å². The number of aromatic nitrogens is 4. The average Bonchev–Trinajstić information content (AvgIpc) is 3.33. The van der Waals surface area contributed by atoms with Crippen LogP contribution in [-0.4, -0.2) is 50.1 Å². The van der Waals surface area contributed by atoms with E-state index in [1.807, 2.05) is 37.0 Å². The second kappa shape index (κ2) is 9.04.